The minimum atomic E-state index is -4.21. The fraction of sp³-hybridized carbons (Fsp3) is 0.750. The second kappa shape index (κ2) is 6.86. The number of aromatic amines is 1. The quantitative estimate of drug-likeness (QED) is 0.839. The number of nitrogens with one attached hydrogen (secondary N) is 1. The largest absolute Gasteiger partial charge is 0.401 e. The van der Waals surface area contributed by atoms with Crippen LogP contribution in [0.15, 0.2) is 5.16 Å². The molecule has 2 rings (SSSR count). The van der Waals surface area contributed by atoms with Gasteiger partial charge in [-0.25, -0.2) is 4.98 Å². The van der Waals surface area contributed by atoms with Crippen LogP contribution in [0.3, 0.4) is 0 Å². The van der Waals surface area contributed by atoms with Crippen LogP contribution in [0.2, 0.25) is 0 Å². The second-order valence-electron chi connectivity index (χ2n) is 5.27. The fourth-order valence-corrected chi connectivity index (χ4v) is 3.04. The Kier molecular flexibility index (Phi) is 5.32. The van der Waals surface area contributed by atoms with Gasteiger partial charge in [0.25, 0.3) is 0 Å². The first-order valence-corrected chi connectivity index (χ1v) is 7.83. The van der Waals surface area contributed by atoms with Gasteiger partial charge in [0.2, 0.25) is 11.1 Å². The maximum atomic E-state index is 12.4. The minimum Gasteiger partial charge on any atom is -0.339 e. The standard InChI is InChI=1S/C12H18F3N5OS/c1-8-5-19(3-4-20(8)7-12(13,14)15)10(21)6-22-11-16-9(2)17-18-11/h8H,3-7H2,1-2H3,(H,16,17,18)/t8-/m0/s1. The van der Waals surface area contributed by atoms with Crippen LogP contribution in [0.25, 0.3) is 0 Å². The van der Waals surface area contributed by atoms with Crippen LogP contribution in [-0.2, 0) is 4.79 Å². The topological polar surface area (TPSA) is 65.1 Å². The molecule has 1 saturated heterocycles. The fourth-order valence-electron chi connectivity index (χ4n) is 2.29. The third kappa shape index (κ3) is 4.87. The number of amides is 1. The van der Waals surface area contributed by atoms with Gasteiger partial charge >= 0.3 is 6.18 Å². The van der Waals surface area contributed by atoms with Crippen molar-refractivity contribution >= 4 is 17.7 Å². The molecule has 2 heterocycles. The summed E-state index contributed by atoms with van der Waals surface area (Å²) in [5, 5.41) is 7.10. The molecule has 1 aromatic heterocycles. The summed E-state index contributed by atoms with van der Waals surface area (Å²) >= 11 is 1.22. The van der Waals surface area contributed by atoms with Crippen molar-refractivity contribution in [2.24, 2.45) is 0 Å². The number of carbonyl (C=O) groups is 1. The number of piperazine rings is 1. The van der Waals surface area contributed by atoms with Crippen LogP contribution in [0.1, 0.15) is 12.7 Å². The number of aromatic nitrogens is 3. The van der Waals surface area contributed by atoms with Gasteiger partial charge in [-0.15, -0.1) is 5.10 Å². The molecule has 0 aromatic carbocycles. The molecule has 10 heteroatoms. The molecule has 0 bridgehead atoms. The molecule has 0 aliphatic carbocycles. The summed E-state index contributed by atoms with van der Waals surface area (Å²) in [5.74, 6) is 0.749. The predicted octanol–water partition coefficient (Wildman–Crippen LogP) is 1.30. The van der Waals surface area contributed by atoms with E-state index in [9.17, 15) is 18.0 Å². The Morgan fingerprint density at radius 3 is 2.73 bits per heavy atom. The Morgan fingerprint density at radius 2 is 2.18 bits per heavy atom. The summed E-state index contributed by atoms with van der Waals surface area (Å²) < 4.78 is 37.3. The van der Waals surface area contributed by atoms with E-state index >= 15 is 0 Å². The maximum Gasteiger partial charge on any atom is 0.401 e. The zero-order valence-corrected chi connectivity index (χ0v) is 13.2. The van der Waals surface area contributed by atoms with Gasteiger partial charge in [-0.1, -0.05) is 11.8 Å². The van der Waals surface area contributed by atoms with E-state index < -0.39 is 12.7 Å². The highest BCUT2D eigenvalue weighted by Gasteiger charge is 2.35. The number of thioether (sulfide) groups is 1. The minimum absolute atomic E-state index is 0.106. The van der Waals surface area contributed by atoms with E-state index in [1.54, 1.807) is 18.7 Å². The summed E-state index contributed by atoms with van der Waals surface area (Å²) in [6, 6.07) is -0.310. The van der Waals surface area contributed by atoms with Crippen LogP contribution in [-0.4, -0.2) is 75.0 Å². The number of carbonyl (C=O) groups excluding carboxylic acids is 1. The van der Waals surface area contributed by atoms with E-state index in [-0.39, 0.29) is 24.2 Å². The monoisotopic (exact) mass is 337 g/mol. The molecule has 0 spiro atoms. The predicted molar refractivity (Wildman–Crippen MR) is 75.5 cm³/mol. The van der Waals surface area contributed by atoms with E-state index in [1.807, 2.05) is 0 Å². The van der Waals surface area contributed by atoms with Gasteiger partial charge in [-0.3, -0.25) is 14.8 Å². The molecule has 1 aliphatic heterocycles. The first-order valence-electron chi connectivity index (χ1n) is 6.85. The van der Waals surface area contributed by atoms with E-state index in [4.69, 9.17) is 0 Å². The van der Waals surface area contributed by atoms with Crippen molar-refractivity contribution in [2.75, 3.05) is 31.9 Å². The van der Waals surface area contributed by atoms with Gasteiger partial charge < -0.3 is 4.90 Å². The van der Waals surface area contributed by atoms with Crippen molar-refractivity contribution in [3.05, 3.63) is 5.82 Å². The zero-order chi connectivity index (χ0) is 16.3. The zero-order valence-electron chi connectivity index (χ0n) is 12.4. The van der Waals surface area contributed by atoms with Gasteiger partial charge in [0, 0.05) is 25.7 Å². The van der Waals surface area contributed by atoms with Crippen LogP contribution in [0.4, 0.5) is 13.2 Å². The lowest BCUT2D eigenvalue weighted by Crippen LogP contribution is -2.55. The van der Waals surface area contributed by atoms with Gasteiger partial charge in [-0.05, 0) is 13.8 Å². The third-order valence-corrected chi connectivity index (χ3v) is 4.23. The summed E-state index contributed by atoms with van der Waals surface area (Å²) in [6.07, 6.45) is -4.21. The highest BCUT2D eigenvalue weighted by molar-refractivity contribution is 7.99. The number of aryl methyl sites for hydroxylation is 1. The van der Waals surface area contributed by atoms with Crippen molar-refractivity contribution in [3.8, 4) is 0 Å². The molecule has 6 nitrogen and oxygen atoms in total. The lowest BCUT2D eigenvalue weighted by atomic mass is 10.2. The van der Waals surface area contributed by atoms with Gasteiger partial charge in [0.05, 0.1) is 12.3 Å². The second-order valence-corrected chi connectivity index (χ2v) is 6.21. The molecule has 1 N–H and O–H groups in total. The molecule has 1 amide bonds. The number of nitrogens with zero attached hydrogens (tertiary/aromatic N) is 4. The molecule has 1 atom stereocenters. The van der Waals surface area contributed by atoms with Gasteiger partial charge in [0.15, 0.2) is 0 Å². The van der Waals surface area contributed by atoms with Crippen molar-refractivity contribution < 1.29 is 18.0 Å². The SMILES string of the molecule is Cc1nc(SCC(=O)N2CCN(CC(F)(F)F)[C@@H](C)C2)n[nH]1. The average molecular weight is 337 g/mol. The number of hydrogen-bond acceptors (Lipinski definition) is 5. The molecule has 0 unspecified atom stereocenters. The Labute approximate surface area is 130 Å². The summed E-state index contributed by atoms with van der Waals surface area (Å²) in [5.41, 5.74) is 0. The molecular formula is C12H18F3N5OS. The first kappa shape index (κ1) is 17.1. The molecule has 0 saturated carbocycles. The molecular weight excluding hydrogens is 319 g/mol. The summed E-state index contributed by atoms with van der Waals surface area (Å²) in [4.78, 5) is 19.2. The lowest BCUT2D eigenvalue weighted by molar-refractivity contribution is -0.157. The number of hydrogen-bond donors (Lipinski definition) is 1. The Morgan fingerprint density at radius 1 is 1.45 bits per heavy atom. The number of rotatable bonds is 4. The van der Waals surface area contributed by atoms with Crippen molar-refractivity contribution in [3.63, 3.8) is 0 Å². The van der Waals surface area contributed by atoms with E-state index in [2.05, 4.69) is 15.2 Å². The van der Waals surface area contributed by atoms with Crippen molar-refractivity contribution in [1.82, 2.24) is 25.0 Å². The molecule has 0 radical (unpaired) electrons. The van der Waals surface area contributed by atoms with E-state index in [0.717, 1.165) is 0 Å². The highest BCUT2D eigenvalue weighted by Crippen LogP contribution is 2.21. The maximum absolute atomic E-state index is 12.4. The lowest BCUT2D eigenvalue weighted by Gasteiger charge is -2.40. The highest BCUT2D eigenvalue weighted by atomic mass is 32.2. The van der Waals surface area contributed by atoms with Crippen LogP contribution >= 0.6 is 11.8 Å². The molecule has 1 aliphatic rings. The average Bonchev–Trinajstić information content (AvgIpc) is 2.83. The van der Waals surface area contributed by atoms with E-state index in [1.165, 1.54) is 16.7 Å². The van der Waals surface area contributed by atoms with Crippen molar-refractivity contribution in [2.45, 2.75) is 31.2 Å². The van der Waals surface area contributed by atoms with Crippen LogP contribution < -0.4 is 0 Å². The Bertz CT molecular complexity index is 521. The first-order chi connectivity index (χ1) is 10.2. The molecule has 1 fully saturated rings. The normalized spacial score (nSPS) is 20.4. The summed E-state index contributed by atoms with van der Waals surface area (Å²) in [6.45, 7) is 3.39. The van der Waals surface area contributed by atoms with Crippen molar-refractivity contribution in [1.29, 1.82) is 0 Å². The molecule has 1 aromatic rings. The Hall–Kier alpha value is -1.29. The van der Waals surface area contributed by atoms with Crippen LogP contribution in [0, 0.1) is 6.92 Å². The van der Waals surface area contributed by atoms with E-state index in [0.29, 0.717) is 24.1 Å². The van der Waals surface area contributed by atoms with Crippen LogP contribution in [0.5, 0.6) is 0 Å². The number of alkyl halides is 3. The molecule has 22 heavy (non-hydrogen) atoms. The third-order valence-electron chi connectivity index (χ3n) is 3.40. The van der Waals surface area contributed by atoms with Gasteiger partial charge in [0.1, 0.15) is 5.82 Å². The Balaban J connectivity index is 1.80. The number of H-pyrrole nitrogens is 1. The number of halogens is 3. The van der Waals surface area contributed by atoms with Gasteiger partial charge in [-0.2, -0.15) is 13.2 Å². The smallest absolute Gasteiger partial charge is 0.339 e. The molecule has 124 valence electrons. The summed E-state index contributed by atoms with van der Waals surface area (Å²) in [7, 11) is 0.